The highest BCUT2D eigenvalue weighted by Crippen LogP contribution is 2.18. The zero-order valence-electron chi connectivity index (χ0n) is 12.3. The summed E-state index contributed by atoms with van der Waals surface area (Å²) in [5, 5.41) is 6.22. The number of likely N-dealkylation sites (N-methyl/N-ethyl adjacent to an activating group) is 1. The first-order valence-corrected chi connectivity index (χ1v) is 7.15. The molecule has 1 heterocycles. The lowest BCUT2D eigenvalue weighted by Gasteiger charge is -2.32. The number of methoxy groups -OCH3 is 1. The van der Waals surface area contributed by atoms with Gasteiger partial charge in [-0.15, -0.1) is 11.3 Å². The summed E-state index contributed by atoms with van der Waals surface area (Å²) in [6.45, 7) is 5.17. The van der Waals surface area contributed by atoms with E-state index in [9.17, 15) is 4.79 Å². The molecule has 1 rings (SSSR count). The van der Waals surface area contributed by atoms with Crippen molar-refractivity contribution in [1.29, 1.82) is 0 Å². The predicted octanol–water partition coefficient (Wildman–Crippen LogP) is 2.00. The molecule has 1 aromatic heterocycles. The molecule has 108 valence electrons. The summed E-state index contributed by atoms with van der Waals surface area (Å²) in [4.78, 5) is 17.7. The van der Waals surface area contributed by atoms with E-state index in [1.54, 1.807) is 11.3 Å². The second-order valence-electron chi connectivity index (χ2n) is 5.28. The number of hydrogen-bond donors (Lipinski definition) is 1. The molecule has 0 aromatic carbocycles. The van der Waals surface area contributed by atoms with E-state index < -0.39 is 0 Å². The highest BCUT2D eigenvalue weighted by Gasteiger charge is 2.20. The molecule has 0 bridgehead atoms. The lowest BCUT2D eigenvalue weighted by molar-refractivity contribution is -0.140. The summed E-state index contributed by atoms with van der Waals surface area (Å²) in [7, 11) is 5.52. The van der Waals surface area contributed by atoms with E-state index in [0.29, 0.717) is 12.8 Å². The lowest BCUT2D eigenvalue weighted by Crippen LogP contribution is -2.44. The maximum Gasteiger partial charge on any atom is 0.305 e. The van der Waals surface area contributed by atoms with Crippen LogP contribution in [0.25, 0.3) is 0 Å². The molecule has 0 aliphatic carbocycles. The molecule has 1 aromatic rings. The first kappa shape index (κ1) is 15.9. The van der Waals surface area contributed by atoms with Crippen molar-refractivity contribution in [2.24, 2.45) is 0 Å². The van der Waals surface area contributed by atoms with Gasteiger partial charge in [-0.3, -0.25) is 4.79 Å². The normalized spacial score (nSPS) is 11.7. The second-order valence-corrected chi connectivity index (χ2v) is 6.14. The standard InChI is InChI=1S/C13H23N3O2S/c1-13(2,16(3)4)9-14-12-15-10(8-19-12)6-7-11(17)18-5/h8H,6-7,9H2,1-5H3,(H,14,15). The van der Waals surface area contributed by atoms with Crippen molar-refractivity contribution in [3.05, 3.63) is 11.1 Å². The molecule has 0 unspecified atom stereocenters. The van der Waals surface area contributed by atoms with Crippen LogP contribution >= 0.6 is 11.3 Å². The topological polar surface area (TPSA) is 54.5 Å². The number of aromatic nitrogens is 1. The summed E-state index contributed by atoms with van der Waals surface area (Å²) in [5.41, 5.74) is 0.998. The summed E-state index contributed by atoms with van der Waals surface area (Å²) in [6.07, 6.45) is 1.00. The number of thiazole rings is 1. The molecule has 0 aliphatic heterocycles. The first-order valence-electron chi connectivity index (χ1n) is 6.27. The number of nitrogens with one attached hydrogen (secondary N) is 1. The van der Waals surface area contributed by atoms with E-state index in [1.807, 2.05) is 5.38 Å². The van der Waals surface area contributed by atoms with E-state index in [2.05, 4.69) is 47.9 Å². The number of carbonyl (C=O) groups is 1. The Kier molecular flexibility index (Phi) is 5.75. The summed E-state index contributed by atoms with van der Waals surface area (Å²) < 4.78 is 4.61. The quantitative estimate of drug-likeness (QED) is 0.777. The third-order valence-electron chi connectivity index (χ3n) is 3.25. The van der Waals surface area contributed by atoms with Gasteiger partial charge < -0.3 is 15.0 Å². The third kappa shape index (κ3) is 5.16. The number of carbonyl (C=O) groups excluding carboxylic acids is 1. The fraction of sp³-hybridized carbons (Fsp3) is 0.692. The lowest BCUT2D eigenvalue weighted by atomic mass is 10.1. The summed E-state index contributed by atoms with van der Waals surface area (Å²) >= 11 is 1.57. The highest BCUT2D eigenvalue weighted by atomic mass is 32.1. The number of hydrogen-bond acceptors (Lipinski definition) is 6. The van der Waals surface area contributed by atoms with Crippen LogP contribution in [0.15, 0.2) is 5.38 Å². The number of rotatable bonds is 7. The van der Waals surface area contributed by atoms with Crippen molar-refractivity contribution >= 4 is 22.4 Å². The van der Waals surface area contributed by atoms with Crippen molar-refractivity contribution in [3.8, 4) is 0 Å². The molecule has 0 radical (unpaired) electrons. The van der Waals surface area contributed by atoms with Gasteiger partial charge in [-0.05, 0) is 27.9 Å². The number of anilines is 1. The Labute approximate surface area is 119 Å². The van der Waals surface area contributed by atoms with Crippen LogP contribution < -0.4 is 5.32 Å². The van der Waals surface area contributed by atoms with Crippen LogP contribution in [0.2, 0.25) is 0 Å². The Balaban J connectivity index is 2.45. The number of esters is 1. The molecule has 6 heteroatoms. The Hall–Kier alpha value is -1.14. The molecular weight excluding hydrogens is 262 g/mol. The van der Waals surface area contributed by atoms with Crippen LogP contribution in [0.5, 0.6) is 0 Å². The van der Waals surface area contributed by atoms with Crippen molar-refractivity contribution < 1.29 is 9.53 Å². The molecular formula is C13H23N3O2S. The van der Waals surface area contributed by atoms with Gasteiger partial charge in [0.05, 0.1) is 19.2 Å². The molecule has 0 saturated heterocycles. The smallest absolute Gasteiger partial charge is 0.305 e. The van der Waals surface area contributed by atoms with Crippen LogP contribution in [0.1, 0.15) is 26.0 Å². The average molecular weight is 285 g/mol. The highest BCUT2D eigenvalue weighted by molar-refractivity contribution is 7.13. The van der Waals surface area contributed by atoms with E-state index in [4.69, 9.17) is 0 Å². The van der Waals surface area contributed by atoms with Gasteiger partial charge in [-0.25, -0.2) is 4.98 Å². The first-order chi connectivity index (χ1) is 8.85. The van der Waals surface area contributed by atoms with Gasteiger partial charge in [0.1, 0.15) is 0 Å². The molecule has 0 fully saturated rings. The van der Waals surface area contributed by atoms with Crippen LogP contribution in [0.3, 0.4) is 0 Å². The fourth-order valence-electron chi connectivity index (χ4n) is 1.29. The molecule has 0 amide bonds. The van der Waals surface area contributed by atoms with Gasteiger partial charge in [-0.2, -0.15) is 0 Å². The van der Waals surface area contributed by atoms with Gasteiger partial charge in [0.2, 0.25) is 0 Å². The number of ether oxygens (including phenoxy) is 1. The minimum Gasteiger partial charge on any atom is -0.469 e. The Morgan fingerprint density at radius 1 is 1.53 bits per heavy atom. The molecule has 1 N–H and O–H groups in total. The van der Waals surface area contributed by atoms with Crippen molar-refractivity contribution in [3.63, 3.8) is 0 Å². The molecule has 0 atom stereocenters. The predicted molar refractivity (Wildman–Crippen MR) is 78.7 cm³/mol. The zero-order valence-corrected chi connectivity index (χ0v) is 13.1. The Morgan fingerprint density at radius 2 is 2.21 bits per heavy atom. The van der Waals surface area contributed by atoms with Crippen molar-refractivity contribution in [1.82, 2.24) is 9.88 Å². The van der Waals surface area contributed by atoms with E-state index >= 15 is 0 Å². The maximum absolute atomic E-state index is 11.1. The monoisotopic (exact) mass is 285 g/mol. The zero-order chi connectivity index (χ0) is 14.5. The van der Waals surface area contributed by atoms with Gasteiger partial charge >= 0.3 is 5.97 Å². The molecule has 5 nitrogen and oxygen atoms in total. The number of nitrogens with zero attached hydrogens (tertiary/aromatic N) is 2. The minimum absolute atomic E-state index is 0.0673. The molecule has 0 spiro atoms. The van der Waals surface area contributed by atoms with Crippen LogP contribution in [-0.2, 0) is 16.0 Å². The van der Waals surface area contributed by atoms with Gasteiger partial charge in [0.25, 0.3) is 0 Å². The molecule has 0 saturated carbocycles. The van der Waals surface area contributed by atoms with Gasteiger partial charge in [-0.1, -0.05) is 0 Å². The SMILES string of the molecule is COC(=O)CCc1csc(NCC(C)(C)N(C)C)n1. The van der Waals surface area contributed by atoms with Gasteiger partial charge in [0.15, 0.2) is 5.13 Å². The van der Waals surface area contributed by atoms with Crippen molar-refractivity contribution in [2.75, 3.05) is 33.1 Å². The number of aryl methyl sites for hydroxylation is 1. The largest absolute Gasteiger partial charge is 0.469 e. The van der Waals surface area contributed by atoms with E-state index in [1.165, 1.54) is 7.11 Å². The van der Waals surface area contributed by atoms with Crippen molar-refractivity contribution in [2.45, 2.75) is 32.2 Å². The summed E-state index contributed by atoms with van der Waals surface area (Å²) in [5.74, 6) is -0.198. The Bertz CT molecular complexity index is 416. The van der Waals surface area contributed by atoms with Crippen LogP contribution in [0.4, 0.5) is 5.13 Å². The van der Waals surface area contributed by atoms with E-state index in [-0.39, 0.29) is 11.5 Å². The maximum atomic E-state index is 11.1. The van der Waals surface area contributed by atoms with Crippen LogP contribution in [0, 0.1) is 0 Å². The molecule has 19 heavy (non-hydrogen) atoms. The van der Waals surface area contributed by atoms with E-state index in [0.717, 1.165) is 17.4 Å². The fourth-order valence-corrected chi connectivity index (χ4v) is 2.03. The summed E-state index contributed by atoms with van der Waals surface area (Å²) in [6, 6.07) is 0. The van der Waals surface area contributed by atoms with Gasteiger partial charge in [0, 0.05) is 23.9 Å². The third-order valence-corrected chi connectivity index (χ3v) is 4.10. The van der Waals surface area contributed by atoms with Crippen LogP contribution in [-0.4, -0.2) is 49.1 Å². The Morgan fingerprint density at radius 3 is 2.79 bits per heavy atom. The molecule has 0 aliphatic rings. The average Bonchev–Trinajstić information content (AvgIpc) is 2.81. The second kappa shape index (κ2) is 6.86. The minimum atomic E-state index is -0.198.